The Morgan fingerprint density at radius 1 is 1.15 bits per heavy atom. The van der Waals surface area contributed by atoms with Crippen LogP contribution in [0.25, 0.3) is 0 Å². The molecule has 0 fully saturated rings. The second-order valence-corrected chi connectivity index (χ2v) is 7.26. The van der Waals surface area contributed by atoms with Gasteiger partial charge in [0.25, 0.3) is 5.91 Å². The van der Waals surface area contributed by atoms with Crippen molar-refractivity contribution >= 4 is 57.6 Å². The number of para-hydroxylation sites is 1. The minimum atomic E-state index is -0.165. The molecule has 0 aromatic heterocycles. The molecule has 2 amide bonds. The number of carbonyl (C=O) groups excluding carboxylic acids is 2. The molecule has 5 nitrogen and oxygen atoms in total. The SMILES string of the molecule is O=C(CSC1=NCC(=O)N1c1ccccc1Cl)NCc1ccc(Cl)cc1. The van der Waals surface area contributed by atoms with E-state index in [1.54, 1.807) is 36.4 Å². The van der Waals surface area contributed by atoms with E-state index < -0.39 is 0 Å². The summed E-state index contributed by atoms with van der Waals surface area (Å²) in [6.07, 6.45) is 0. The molecule has 134 valence electrons. The number of benzene rings is 2. The highest BCUT2D eigenvalue weighted by Crippen LogP contribution is 2.30. The third-order valence-corrected chi connectivity index (χ3v) is 5.17. The second kappa shape index (κ2) is 8.58. The minimum Gasteiger partial charge on any atom is -0.351 e. The van der Waals surface area contributed by atoms with Crippen LogP contribution in [0.1, 0.15) is 5.56 Å². The molecule has 0 unspecified atom stereocenters. The molecular formula is C18H15Cl2N3O2S. The van der Waals surface area contributed by atoms with Crippen LogP contribution in [-0.2, 0) is 16.1 Å². The maximum absolute atomic E-state index is 12.1. The second-order valence-electron chi connectivity index (χ2n) is 5.47. The summed E-state index contributed by atoms with van der Waals surface area (Å²) in [6.45, 7) is 0.468. The maximum atomic E-state index is 12.1. The Morgan fingerprint density at radius 3 is 2.62 bits per heavy atom. The van der Waals surface area contributed by atoms with Crippen molar-refractivity contribution < 1.29 is 9.59 Å². The molecule has 2 aromatic carbocycles. The Hall–Kier alpha value is -2.02. The van der Waals surface area contributed by atoms with Crippen LogP contribution in [0.5, 0.6) is 0 Å². The number of halogens is 2. The first-order valence-electron chi connectivity index (χ1n) is 7.80. The van der Waals surface area contributed by atoms with E-state index in [1.165, 1.54) is 16.7 Å². The number of nitrogens with one attached hydrogen (secondary N) is 1. The lowest BCUT2D eigenvalue weighted by molar-refractivity contribution is -0.118. The van der Waals surface area contributed by atoms with Gasteiger partial charge in [0.2, 0.25) is 5.91 Å². The summed E-state index contributed by atoms with van der Waals surface area (Å²) in [6, 6.07) is 14.3. The Balaban J connectivity index is 1.56. The van der Waals surface area contributed by atoms with Crippen LogP contribution in [-0.4, -0.2) is 29.3 Å². The number of hydrogen-bond donors (Lipinski definition) is 1. The number of nitrogens with zero attached hydrogens (tertiary/aromatic N) is 2. The van der Waals surface area contributed by atoms with Gasteiger partial charge in [-0.1, -0.05) is 59.2 Å². The zero-order valence-electron chi connectivity index (χ0n) is 13.6. The van der Waals surface area contributed by atoms with Gasteiger partial charge in [0.1, 0.15) is 6.54 Å². The quantitative estimate of drug-likeness (QED) is 0.820. The number of hydrogen-bond acceptors (Lipinski definition) is 4. The molecule has 3 rings (SSSR count). The van der Waals surface area contributed by atoms with E-state index in [0.717, 1.165) is 5.56 Å². The third kappa shape index (κ3) is 4.58. The van der Waals surface area contributed by atoms with E-state index in [9.17, 15) is 9.59 Å². The van der Waals surface area contributed by atoms with Gasteiger partial charge in [0.05, 0.1) is 16.5 Å². The lowest BCUT2D eigenvalue weighted by atomic mass is 10.2. The number of amidine groups is 1. The van der Waals surface area contributed by atoms with Gasteiger partial charge in [0.15, 0.2) is 5.17 Å². The normalized spacial score (nSPS) is 13.7. The highest BCUT2D eigenvalue weighted by atomic mass is 35.5. The van der Waals surface area contributed by atoms with Gasteiger partial charge in [-0.25, -0.2) is 0 Å². The summed E-state index contributed by atoms with van der Waals surface area (Å²) in [5, 5.41) is 4.42. The van der Waals surface area contributed by atoms with Crippen LogP contribution in [0.2, 0.25) is 10.0 Å². The number of rotatable bonds is 5. The Labute approximate surface area is 165 Å². The molecular weight excluding hydrogens is 393 g/mol. The van der Waals surface area contributed by atoms with Crippen molar-refractivity contribution in [3.8, 4) is 0 Å². The van der Waals surface area contributed by atoms with Gasteiger partial charge in [-0.3, -0.25) is 19.5 Å². The maximum Gasteiger partial charge on any atom is 0.254 e. The fourth-order valence-electron chi connectivity index (χ4n) is 2.35. The van der Waals surface area contributed by atoms with E-state index in [-0.39, 0.29) is 24.1 Å². The molecule has 26 heavy (non-hydrogen) atoms. The minimum absolute atomic E-state index is 0.0555. The van der Waals surface area contributed by atoms with E-state index in [4.69, 9.17) is 23.2 Å². The van der Waals surface area contributed by atoms with E-state index in [0.29, 0.717) is 27.4 Å². The summed E-state index contributed by atoms with van der Waals surface area (Å²) < 4.78 is 0. The van der Waals surface area contributed by atoms with Crippen LogP contribution in [0, 0.1) is 0 Å². The first kappa shape index (κ1) is 18.8. The zero-order chi connectivity index (χ0) is 18.5. The molecule has 1 aliphatic heterocycles. The standard InChI is InChI=1S/C18H15Cl2N3O2S/c19-13-7-5-12(6-8-13)9-21-16(24)11-26-18-22-10-17(25)23(18)15-4-2-1-3-14(15)20/h1-8H,9-11H2,(H,21,24). The van der Waals surface area contributed by atoms with E-state index in [2.05, 4.69) is 10.3 Å². The smallest absolute Gasteiger partial charge is 0.254 e. The van der Waals surface area contributed by atoms with Crippen molar-refractivity contribution in [2.24, 2.45) is 4.99 Å². The van der Waals surface area contributed by atoms with Crippen LogP contribution >= 0.6 is 35.0 Å². The van der Waals surface area contributed by atoms with Crippen LogP contribution in [0.3, 0.4) is 0 Å². The third-order valence-electron chi connectivity index (χ3n) is 3.62. The monoisotopic (exact) mass is 407 g/mol. The first-order valence-corrected chi connectivity index (χ1v) is 9.54. The first-order chi connectivity index (χ1) is 12.5. The number of thioether (sulfide) groups is 1. The highest BCUT2D eigenvalue weighted by Gasteiger charge is 2.29. The fraction of sp³-hybridized carbons (Fsp3) is 0.167. The lowest BCUT2D eigenvalue weighted by Gasteiger charge is -2.19. The number of anilines is 1. The summed E-state index contributed by atoms with van der Waals surface area (Å²) >= 11 is 13.2. The van der Waals surface area contributed by atoms with Gasteiger partial charge in [-0.05, 0) is 29.8 Å². The van der Waals surface area contributed by atoms with Crippen LogP contribution in [0.15, 0.2) is 53.5 Å². The molecule has 0 aliphatic carbocycles. The Bertz CT molecular complexity index is 856. The summed E-state index contributed by atoms with van der Waals surface area (Å²) in [4.78, 5) is 29.9. The zero-order valence-corrected chi connectivity index (χ0v) is 15.9. The average molecular weight is 408 g/mol. The molecule has 1 heterocycles. The predicted octanol–water partition coefficient (Wildman–Crippen LogP) is 3.75. The summed E-state index contributed by atoms with van der Waals surface area (Å²) in [5.41, 5.74) is 1.53. The lowest BCUT2D eigenvalue weighted by Crippen LogP contribution is -2.32. The van der Waals surface area contributed by atoms with Crippen molar-refractivity contribution in [3.05, 3.63) is 64.1 Å². The van der Waals surface area contributed by atoms with Crippen LogP contribution < -0.4 is 10.2 Å². The van der Waals surface area contributed by atoms with E-state index >= 15 is 0 Å². The molecule has 2 aromatic rings. The molecule has 0 spiro atoms. The number of carbonyl (C=O) groups is 2. The van der Waals surface area contributed by atoms with Crippen molar-refractivity contribution in [2.75, 3.05) is 17.2 Å². The molecule has 0 saturated heterocycles. The molecule has 1 aliphatic rings. The highest BCUT2D eigenvalue weighted by molar-refractivity contribution is 8.14. The summed E-state index contributed by atoms with van der Waals surface area (Å²) in [7, 11) is 0. The predicted molar refractivity (Wildman–Crippen MR) is 107 cm³/mol. The number of amides is 2. The van der Waals surface area contributed by atoms with Gasteiger partial charge >= 0.3 is 0 Å². The Morgan fingerprint density at radius 2 is 1.88 bits per heavy atom. The van der Waals surface area contributed by atoms with Crippen molar-refractivity contribution in [1.82, 2.24) is 5.32 Å². The average Bonchev–Trinajstić information content (AvgIpc) is 3.00. The molecule has 1 N–H and O–H groups in total. The Kier molecular flexibility index (Phi) is 6.19. The van der Waals surface area contributed by atoms with E-state index in [1.807, 2.05) is 12.1 Å². The molecule has 8 heteroatoms. The van der Waals surface area contributed by atoms with Crippen molar-refractivity contribution in [1.29, 1.82) is 0 Å². The largest absolute Gasteiger partial charge is 0.351 e. The number of aliphatic imine (C=N–C) groups is 1. The molecule has 0 radical (unpaired) electrons. The topological polar surface area (TPSA) is 61.8 Å². The van der Waals surface area contributed by atoms with Gasteiger partial charge in [-0.2, -0.15) is 0 Å². The van der Waals surface area contributed by atoms with Gasteiger partial charge in [-0.15, -0.1) is 0 Å². The molecule has 0 saturated carbocycles. The van der Waals surface area contributed by atoms with Crippen molar-refractivity contribution in [2.45, 2.75) is 6.54 Å². The van der Waals surface area contributed by atoms with Crippen molar-refractivity contribution in [3.63, 3.8) is 0 Å². The summed E-state index contributed by atoms with van der Waals surface area (Å²) in [5.74, 6) is -0.158. The van der Waals surface area contributed by atoms with Gasteiger partial charge < -0.3 is 5.32 Å². The van der Waals surface area contributed by atoms with Gasteiger partial charge in [0, 0.05) is 11.6 Å². The van der Waals surface area contributed by atoms with Crippen LogP contribution in [0.4, 0.5) is 5.69 Å². The fourth-order valence-corrected chi connectivity index (χ4v) is 3.54. The molecule has 0 bridgehead atoms. The molecule has 0 atom stereocenters.